The van der Waals surface area contributed by atoms with Crippen LogP contribution in [0.1, 0.15) is 56.5 Å². The summed E-state index contributed by atoms with van der Waals surface area (Å²) in [5.41, 5.74) is 3.19. The van der Waals surface area contributed by atoms with Crippen molar-refractivity contribution in [2.24, 2.45) is 0 Å². The number of likely N-dealkylation sites (tertiary alicyclic amines) is 1. The van der Waals surface area contributed by atoms with Crippen LogP contribution in [0.3, 0.4) is 0 Å². The van der Waals surface area contributed by atoms with E-state index >= 15 is 0 Å². The van der Waals surface area contributed by atoms with Gasteiger partial charge in [-0.2, -0.15) is 5.26 Å². The number of furan rings is 1. The van der Waals surface area contributed by atoms with Crippen molar-refractivity contribution in [3.63, 3.8) is 0 Å². The molecular weight excluding hydrogens is 526 g/mol. The number of halogens is 1. The zero-order chi connectivity index (χ0) is 28.1. The van der Waals surface area contributed by atoms with Crippen molar-refractivity contribution < 1.29 is 19.1 Å². The third kappa shape index (κ3) is 5.94. The number of aliphatic hydroxyl groups is 1. The van der Waals surface area contributed by atoms with E-state index in [2.05, 4.69) is 11.4 Å². The smallest absolute Gasteiger partial charge is 0.254 e. The highest BCUT2D eigenvalue weighted by Gasteiger charge is 2.33. The van der Waals surface area contributed by atoms with Gasteiger partial charge in [0, 0.05) is 17.7 Å². The molecule has 1 unspecified atom stereocenters. The summed E-state index contributed by atoms with van der Waals surface area (Å²) < 4.78 is 5.62. The van der Waals surface area contributed by atoms with Crippen LogP contribution in [0.4, 0.5) is 0 Å². The molecule has 202 valence electrons. The lowest BCUT2D eigenvalue weighted by Crippen LogP contribution is -2.39. The molecule has 1 fully saturated rings. The maximum Gasteiger partial charge on any atom is 0.254 e. The first-order valence-corrected chi connectivity index (χ1v) is 13.5. The number of benzene rings is 3. The second-order valence-electron chi connectivity index (χ2n) is 9.80. The van der Waals surface area contributed by atoms with Crippen LogP contribution < -0.4 is 5.32 Å². The number of carbonyl (C=O) groups excluding carboxylic acids is 2. The van der Waals surface area contributed by atoms with Crippen molar-refractivity contribution in [3.8, 4) is 17.2 Å². The summed E-state index contributed by atoms with van der Waals surface area (Å²) in [4.78, 5) is 29.1. The quantitative estimate of drug-likeness (QED) is 0.287. The minimum atomic E-state index is -0.518. The zero-order valence-corrected chi connectivity index (χ0v) is 22.5. The number of hydrogen-bond acceptors (Lipinski definition) is 5. The van der Waals surface area contributed by atoms with Crippen molar-refractivity contribution in [1.82, 2.24) is 10.2 Å². The van der Waals surface area contributed by atoms with Gasteiger partial charge in [0.1, 0.15) is 5.76 Å². The molecular formula is C32H28ClN3O4. The summed E-state index contributed by atoms with van der Waals surface area (Å²) in [5, 5.41) is 22.9. The van der Waals surface area contributed by atoms with Crippen molar-refractivity contribution in [3.05, 3.63) is 118 Å². The Labute approximate surface area is 237 Å². The first-order chi connectivity index (χ1) is 19.5. The first kappa shape index (κ1) is 27.2. The Hall–Kier alpha value is -4.38. The van der Waals surface area contributed by atoms with Gasteiger partial charge in [0.15, 0.2) is 5.22 Å². The number of carbonyl (C=O) groups is 2. The van der Waals surface area contributed by atoms with Crippen LogP contribution in [0, 0.1) is 11.3 Å². The monoisotopic (exact) mass is 553 g/mol. The van der Waals surface area contributed by atoms with Crippen molar-refractivity contribution in [2.45, 2.75) is 31.3 Å². The largest absolute Gasteiger partial charge is 0.448 e. The Balaban J connectivity index is 1.50. The standard InChI is InChI=1S/C32H28ClN3O4/c33-30-13-12-29(40-30)28-11-6-14-36(28)32(39)25-17-23(27-10-5-4-9-22(27)19-34)16-24(18-25)31(38)35-26(20-37)15-21-7-2-1-3-8-21/h1-5,7-10,12-13,16-18,26,28,37H,6,11,14-15,20H2,(H,35,38)/t26-,28?/m0/s1. The number of amides is 2. The Morgan fingerprint density at radius 3 is 2.52 bits per heavy atom. The molecule has 3 aromatic carbocycles. The molecule has 8 heteroatoms. The van der Waals surface area contributed by atoms with E-state index in [-0.39, 0.29) is 29.3 Å². The number of nitrogens with one attached hydrogen (secondary N) is 1. The zero-order valence-electron chi connectivity index (χ0n) is 21.7. The van der Waals surface area contributed by atoms with E-state index in [0.717, 1.165) is 18.4 Å². The molecule has 2 N–H and O–H groups in total. The van der Waals surface area contributed by atoms with Crippen LogP contribution >= 0.6 is 11.6 Å². The Kier molecular flexibility index (Phi) is 8.30. The van der Waals surface area contributed by atoms with Crippen LogP contribution in [0.2, 0.25) is 5.22 Å². The molecule has 0 saturated carbocycles. The van der Waals surface area contributed by atoms with E-state index in [1.807, 2.05) is 36.4 Å². The fourth-order valence-electron chi connectivity index (χ4n) is 5.18. The molecule has 2 heterocycles. The fourth-order valence-corrected chi connectivity index (χ4v) is 5.33. The van der Waals surface area contributed by atoms with E-state index in [4.69, 9.17) is 16.0 Å². The van der Waals surface area contributed by atoms with E-state index < -0.39 is 11.9 Å². The van der Waals surface area contributed by atoms with Crippen molar-refractivity contribution in [2.75, 3.05) is 13.2 Å². The van der Waals surface area contributed by atoms with Crippen LogP contribution in [0.25, 0.3) is 11.1 Å². The number of rotatable bonds is 8. The van der Waals surface area contributed by atoms with Gasteiger partial charge in [-0.1, -0.05) is 48.5 Å². The highest BCUT2D eigenvalue weighted by atomic mass is 35.5. The van der Waals surface area contributed by atoms with Crippen LogP contribution in [-0.4, -0.2) is 41.0 Å². The maximum absolute atomic E-state index is 13.9. The third-order valence-electron chi connectivity index (χ3n) is 7.12. The van der Waals surface area contributed by atoms with Crippen LogP contribution in [-0.2, 0) is 6.42 Å². The maximum atomic E-state index is 13.9. The number of nitriles is 1. The number of aliphatic hydroxyl groups excluding tert-OH is 1. The molecule has 7 nitrogen and oxygen atoms in total. The van der Waals surface area contributed by atoms with Gasteiger partial charge in [-0.25, -0.2) is 0 Å². The third-order valence-corrected chi connectivity index (χ3v) is 7.32. The molecule has 1 aliphatic heterocycles. The molecule has 40 heavy (non-hydrogen) atoms. The molecule has 4 aromatic rings. The highest BCUT2D eigenvalue weighted by molar-refractivity contribution is 6.28. The lowest BCUT2D eigenvalue weighted by molar-refractivity contribution is 0.0720. The fraction of sp³-hybridized carbons (Fsp3) is 0.219. The number of hydrogen-bond donors (Lipinski definition) is 2. The molecule has 1 aromatic heterocycles. The average molecular weight is 554 g/mol. The topological polar surface area (TPSA) is 107 Å². The molecule has 5 rings (SSSR count). The lowest BCUT2D eigenvalue weighted by atomic mass is 9.95. The van der Waals surface area contributed by atoms with E-state index in [1.54, 1.807) is 53.4 Å². The molecule has 0 radical (unpaired) electrons. The second-order valence-corrected chi connectivity index (χ2v) is 10.2. The minimum Gasteiger partial charge on any atom is -0.448 e. The van der Waals surface area contributed by atoms with Crippen LogP contribution in [0.15, 0.2) is 89.3 Å². The molecule has 2 amide bonds. The van der Waals surface area contributed by atoms with Crippen LogP contribution in [0.5, 0.6) is 0 Å². The Bertz CT molecular complexity index is 1560. The molecule has 0 aliphatic carbocycles. The molecule has 1 saturated heterocycles. The predicted molar refractivity (Wildman–Crippen MR) is 152 cm³/mol. The molecule has 0 spiro atoms. The van der Waals surface area contributed by atoms with Crippen molar-refractivity contribution >= 4 is 23.4 Å². The Morgan fingerprint density at radius 1 is 1.05 bits per heavy atom. The van der Waals surface area contributed by atoms with Gasteiger partial charge < -0.3 is 19.7 Å². The highest BCUT2D eigenvalue weighted by Crippen LogP contribution is 2.36. The lowest BCUT2D eigenvalue weighted by Gasteiger charge is -2.24. The minimum absolute atomic E-state index is 0.245. The van der Waals surface area contributed by atoms with E-state index in [0.29, 0.717) is 41.0 Å². The SMILES string of the molecule is N#Cc1ccccc1-c1cc(C(=O)N[C@H](CO)Cc2ccccc2)cc(C(=O)N2CCCC2c2ccc(Cl)o2)c1. The van der Waals surface area contributed by atoms with Gasteiger partial charge in [-0.15, -0.1) is 0 Å². The number of nitrogens with zero attached hydrogens (tertiary/aromatic N) is 2. The normalized spacial score (nSPS) is 15.4. The first-order valence-electron chi connectivity index (χ1n) is 13.1. The van der Waals surface area contributed by atoms with Gasteiger partial charge in [0.05, 0.1) is 30.3 Å². The summed E-state index contributed by atoms with van der Waals surface area (Å²) >= 11 is 6.00. The Morgan fingerprint density at radius 2 is 1.80 bits per heavy atom. The van der Waals surface area contributed by atoms with Crippen molar-refractivity contribution in [1.29, 1.82) is 5.26 Å². The molecule has 2 atom stereocenters. The molecule has 1 aliphatic rings. The second kappa shape index (κ2) is 12.2. The summed E-state index contributed by atoms with van der Waals surface area (Å²) in [6.07, 6.45) is 1.99. The van der Waals surface area contributed by atoms with Gasteiger partial charge in [0.25, 0.3) is 11.8 Å². The van der Waals surface area contributed by atoms with Gasteiger partial charge in [-0.3, -0.25) is 9.59 Å². The van der Waals surface area contributed by atoms with Gasteiger partial charge in [-0.05, 0) is 84.0 Å². The summed E-state index contributed by atoms with van der Waals surface area (Å²) in [5.74, 6) is -0.0500. The predicted octanol–water partition coefficient (Wildman–Crippen LogP) is 5.78. The summed E-state index contributed by atoms with van der Waals surface area (Å²) in [7, 11) is 0. The summed E-state index contributed by atoms with van der Waals surface area (Å²) in [6.45, 7) is 0.288. The van der Waals surface area contributed by atoms with E-state index in [9.17, 15) is 20.0 Å². The molecule has 0 bridgehead atoms. The summed E-state index contributed by atoms with van der Waals surface area (Å²) in [6, 6.07) is 26.4. The van der Waals surface area contributed by atoms with Gasteiger partial charge >= 0.3 is 0 Å². The van der Waals surface area contributed by atoms with E-state index in [1.165, 1.54) is 0 Å². The van der Waals surface area contributed by atoms with Gasteiger partial charge in [0.2, 0.25) is 0 Å². The average Bonchev–Trinajstić information content (AvgIpc) is 3.65.